The first-order chi connectivity index (χ1) is 10.6. The summed E-state index contributed by atoms with van der Waals surface area (Å²) in [6.07, 6.45) is 4.29. The van der Waals surface area contributed by atoms with Crippen LogP contribution in [0.25, 0.3) is 0 Å². The van der Waals surface area contributed by atoms with Crippen molar-refractivity contribution in [2.75, 3.05) is 24.3 Å². The Morgan fingerprint density at radius 2 is 1.78 bits per heavy atom. The van der Waals surface area contributed by atoms with E-state index >= 15 is 0 Å². The number of benzene rings is 1. The van der Waals surface area contributed by atoms with Gasteiger partial charge in [-0.3, -0.25) is 9.59 Å². The number of hydrogen-bond donors (Lipinski definition) is 3. The molecular formula is C16H26ClN3O3. The highest BCUT2D eigenvalue weighted by Gasteiger charge is 2.09. The van der Waals surface area contributed by atoms with E-state index in [0.29, 0.717) is 30.1 Å². The Labute approximate surface area is 143 Å². The van der Waals surface area contributed by atoms with Gasteiger partial charge in [-0.05, 0) is 31.5 Å². The van der Waals surface area contributed by atoms with Gasteiger partial charge in [-0.1, -0.05) is 12.8 Å². The zero-order valence-electron chi connectivity index (χ0n) is 13.7. The molecule has 0 atom stereocenters. The molecule has 1 aromatic carbocycles. The van der Waals surface area contributed by atoms with E-state index in [1.165, 1.54) is 6.92 Å². The van der Waals surface area contributed by atoms with Crippen molar-refractivity contribution >= 4 is 35.6 Å². The number of amides is 2. The third-order valence-corrected chi connectivity index (χ3v) is 3.17. The molecule has 0 unspecified atom stereocenters. The third-order valence-electron chi connectivity index (χ3n) is 3.17. The lowest BCUT2D eigenvalue weighted by Crippen LogP contribution is -2.15. The second kappa shape index (κ2) is 11.7. The van der Waals surface area contributed by atoms with Crippen LogP contribution in [0, 0.1) is 0 Å². The summed E-state index contributed by atoms with van der Waals surface area (Å²) in [5.74, 6) is 0.349. The van der Waals surface area contributed by atoms with Crippen molar-refractivity contribution in [3.63, 3.8) is 0 Å². The highest BCUT2D eigenvalue weighted by molar-refractivity contribution is 5.99. The zero-order valence-corrected chi connectivity index (χ0v) is 14.5. The summed E-state index contributed by atoms with van der Waals surface area (Å²) < 4.78 is 5.15. The average Bonchev–Trinajstić information content (AvgIpc) is 2.48. The fourth-order valence-electron chi connectivity index (χ4n) is 2.05. The van der Waals surface area contributed by atoms with Gasteiger partial charge in [0, 0.05) is 19.4 Å². The maximum absolute atomic E-state index is 12.0. The van der Waals surface area contributed by atoms with Crippen LogP contribution in [0.2, 0.25) is 0 Å². The Hall–Kier alpha value is -1.79. The number of ether oxygens (including phenoxy) is 1. The summed E-state index contributed by atoms with van der Waals surface area (Å²) in [7, 11) is 1.55. The molecular weight excluding hydrogens is 318 g/mol. The van der Waals surface area contributed by atoms with Crippen molar-refractivity contribution in [3.8, 4) is 5.75 Å². The molecule has 0 saturated carbocycles. The SMILES string of the molecule is COc1ccc(NC(C)=O)c(NC(=O)CCCCCCN)c1.Cl. The number of rotatable bonds is 9. The number of nitrogens with two attached hydrogens (primary N) is 1. The molecule has 1 rings (SSSR count). The first-order valence-electron chi connectivity index (χ1n) is 7.52. The molecule has 0 heterocycles. The minimum Gasteiger partial charge on any atom is -0.497 e. The van der Waals surface area contributed by atoms with Crippen molar-refractivity contribution in [1.82, 2.24) is 0 Å². The van der Waals surface area contributed by atoms with E-state index in [0.717, 1.165) is 25.7 Å². The van der Waals surface area contributed by atoms with Gasteiger partial charge in [-0.15, -0.1) is 12.4 Å². The van der Waals surface area contributed by atoms with Crippen molar-refractivity contribution in [2.24, 2.45) is 5.73 Å². The van der Waals surface area contributed by atoms with Gasteiger partial charge < -0.3 is 21.1 Å². The highest BCUT2D eigenvalue weighted by Crippen LogP contribution is 2.27. The summed E-state index contributed by atoms with van der Waals surface area (Å²) in [6, 6.07) is 5.13. The van der Waals surface area contributed by atoms with Gasteiger partial charge >= 0.3 is 0 Å². The summed E-state index contributed by atoms with van der Waals surface area (Å²) in [4.78, 5) is 23.2. The second-order valence-electron chi connectivity index (χ2n) is 5.09. The van der Waals surface area contributed by atoms with Crippen LogP contribution in [0.1, 0.15) is 39.0 Å². The van der Waals surface area contributed by atoms with E-state index < -0.39 is 0 Å². The monoisotopic (exact) mass is 343 g/mol. The average molecular weight is 344 g/mol. The second-order valence-corrected chi connectivity index (χ2v) is 5.09. The predicted molar refractivity (Wildman–Crippen MR) is 95.3 cm³/mol. The van der Waals surface area contributed by atoms with Gasteiger partial charge in [0.1, 0.15) is 5.75 Å². The smallest absolute Gasteiger partial charge is 0.224 e. The first-order valence-corrected chi connectivity index (χ1v) is 7.52. The van der Waals surface area contributed by atoms with E-state index in [4.69, 9.17) is 10.5 Å². The summed E-state index contributed by atoms with van der Waals surface area (Å²) in [5, 5.41) is 5.51. The molecule has 0 saturated heterocycles. The Morgan fingerprint density at radius 1 is 1.09 bits per heavy atom. The minimum atomic E-state index is -0.192. The standard InChI is InChI=1S/C16H25N3O3.ClH/c1-12(20)18-14-9-8-13(22-2)11-15(14)19-16(21)7-5-3-4-6-10-17;/h8-9,11H,3-7,10,17H2,1-2H3,(H,18,20)(H,19,21);1H. The van der Waals surface area contributed by atoms with E-state index in [-0.39, 0.29) is 24.2 Å². The van der Waals surface area contributed by atoms with Gasteiger partial charge in [0.25, 0.3) is 0 Å². The van der Waals surface area contributed by atoms with E-state index in [2.05, 4.69) is 10.6 Å². The number of unbranched alkanes of at least 4 members (excludes halogenated alkanes) is 3. The van der Waals surface area contributed by atoms with Crippen molar-refractivity contribution in [2.45, 2.75) is 39.0 Å². The zero-order chi connectivity index (χ0) is 16.4. The molecule has 0 bridgehead atoms. The largest absolute Gasteiger partial charge is 0.497 e. The molecule has 1 aromatic rings. The predicted octanol–water partition coefficient (Wildman–Crippen LogP) is 2.92. The van der Waals surface area contributed by atoms with E-state index in [1.54, 1.807) is 25.3 Å². The molecule has 0 aliphatic carbocycles. The molecule has 0 spiro atoms. The van der Waals surface area contributed by atoms with E-state index in [1.807, 2.05) is 0 Å². The molecule has 0 aliphatic heterocycles. The lowest BCUT2D eigenvalue weighted by molar-refractivity contribution is -0.116. The van der Waals surface area contributed by atoms with Crippen LogP contribution >= 0.6 is 12.4 Å². The van der Waals surface area contributed by atoms with Crippen LogP contribution in [-0.2, 0) is 9.59 Å². The van der Waals surface area contributed by atoms with E-state index in [9.17, 15) is 9.59 Å². The van der Waals surface area contributed by atoms with Crippen molar-refractivity contribution in [1.29, 1.82) is 0 Å². The molecule has 23 heavy (non-hydrogen) atoms. The molecule has 2 amide bonds. The lowest BCUT2D eigenvalue weighted by atomic mass is 10.1. The van der Waals surface area contributed by atoms with Crippen LogP contribution < -0.4 is 21.1 Å². The normalized spacial score (nSPS) is 9.70. The molecule has 0 radical (unpaired) electrons. The summed E-state index contributed by atoms with van der Waals surface area (Å²) in [5.41, 5.74) is 6.53. The third kappa shape index (κ3) is 8.42. The van der Waals surface area contributed by atoms with Crippen LogP contribution in [-0.4, -0.2) is 25.5 Å². The quantitative estimate of drug-likeness (QED) is 0.601. The van der Waals surface area contributed by atoms with Crippen LogP contribution in [0.3, 0.4) is 0 Å². The number of methoxy groups -OCH3 is 1. The van der Waals surface area contributed by atoms with Gasteiger partial charge in [0.2, 0.25) is 11.8 Å². The molecule has 0 aliphatic rings. The minimum absolute atomic E-state index is 0. The van der Waals surface area contributed by atoms with Crippen molar-refractivity contribution < 1.29 is 14.3 Å². The van der Waals surface area contributed by atoms with Gasteiger partial charge in [-0.25, -0.2) is 0 Å². The van der Waals surface area contributed by atoms with Crippen LogP contribution in [0.4, 0.5) is 11.4 Å². The Balaban J connectivity index is 0.00000484. The van der Waals surface area contributed by atoms with Gasteiger partial charge in [-0.2, -0.15) is 0 Å². The highest BCUT2D eigenvalue weighted by atomic mass is 35.5. The molecule has 6 nitrogen and oxygen atoms in total. The molecule has 130 valence electrons. The maximum Gasteiger partial charge on any atom is 0.224 e. The number of halogens is 1. The number of nitrogens with one attached hydrogen (secondary N) is 2. The Kier molecular flexibility index (Phi) is 10.8. The molecule has 0 aromatic heterocycles. The summed E-state index contributed by atoms with van der Waals surface area (Å²) in [6.45, 7) is 2.11. The number of carbonyl (C=O) groups is 2. The van der Waals surface area contributed by atoms with Gasteiger partial charge in [0.05, 0.1) is 18.5 Å². The topological polar surface area (TPSA) is 93.5 Å². The molecule has 0 fully saturated rings. The first kappa shape index (κ1) is 21.2. The lowest BCUT2D eigenvalue weighted by Gasteiger charge is -2.13. The fraction of sp³-hybridized carbons (Fsp3) is 0.500. The number of anilines is 2. The van der Waals surface area contributed by atoms with Crippen LogP contribution in [0.15, 0.2) is 18.2 Å². The maximum atomic E-state index is 12.0. The fourth-order valence-corrected chi connectivity index (χ4v) is 2.05. The van der Waals surface area contributed by atoms with Gasteiger partial charge in [0.15, 0.2) is 0 Å². The van der Waals surface area contributed by atoms with Crippen LogP contribution in [0.5, 0.6) is 5.75 Å². The summed E-state index contributed by atoms with van der Waals surface area (Å²) >= 11 is 0. The van der Waals surface area contributed by atoms with Crippen molar-refractivity contribution in [3.05, 3.63) is 18.2 Å². The number of carbonyl (C=O) groups excluding carboxylic acids is 2. The molecule has 7 heteroatoms. The Morgan fingerprint density at radius 3 is 2.39 bits per heavy atom. The number of hydrogen-bond acceptors (Lipinski definition) is 4. The molecule has 4 N–H and O–H groups in total. The Bertz CT molecular complexity index is 509.